The van der Waals surface area contributed by atoms with Crippen molar-refractivity contribution in [3.63, 3.8) is 0 Å². The van der Waals surface area contributed by atoms with Crippen LogP contribution in [-0.4, -0.2) is 21.0 Å². The molecule has 47 valence electrons. The van der Waals surface area contributed by atoms with Crippen LogP contribution in [0.25, 0.3) is 6.08 Å². The third-order valence-corrected chi connectivity index (χ3v) is 3.42. The van der Waals surface area contributed by atoms with Gasteiger partial charge in [0.15, 0.2) is 0 Å². The van der Waals surface area contributed by atoms with Gasteiger partial charge in [-0.3, -0.25) is 0 Å². The third-order valence-electron chi connectivity index (χ3n) is 1.46. The first-order chi connectivity index (χ1) is 4.97. The Morgan fingerprint density at radius 1 is 1.20 bits per heavy atom. The molecule has 0 atom stereocenters. The monoisotopic (exact) mass is 236 g/mol. The maximum absolute atomic E-state index is 4.48. The SMILES string of the molecule is [CH]1=Cc2ccccc2[N]=[Sn]1. The van der Waals surface area contributed by atoms with Crippen molar-refractivity contribution >= 4 is 32.7 Å². The van der Waals surface area contributed by atoms with Crippen LogP contribution in [0.3, 0.4) is 0 Å². The van der Waals surface area contributed by atoms with Gasteiger partial charge in [-0.1, -0.05) is 0 Å². The van der Waals surface area contributed by atoms with Crippen LogP contribution < -0.4 is 0 Å². The molecule has 1 aromatic rings. The Morgan fingerprint density at radius 3 is 3.00 bits per heavy atom. The fraction of sp³-hybridized carbons (Fsp3) is 0. The Hall–Kier alpha value is -0.441. The van der Waals surface area contributed by atoms with E-state index in [1.807, 2.05) is 6.07 Å². The molecule has 0 unspecified atom stereocenters. The summed E-state index contributed by atoms with van der Waals surface area (Å²) in [4.78, 5) is 0. The predicted octanol–water partition coefficient (Wildman–Crippen LogP) is 2.19. The van der Waals surface area contributed by atoms with Gasteiger partial charge >= 0.3 is 69.8 Å². The molecule has 1 aliphatic heterocycles. The van der Waals surface area contributed by atoms with E-state index >= 15 is 0 Å². The van der Waals surface area contributed by atoms with E-state index in [1.165, 1.54) is 11.3 Å². The summed E-state index contributed by atoms with van der Waals surface area (Å²) in [5.41, 5.74) is 2.46. The molecular formula is C8H6NSn. The first kappa shape index (κ1) is 6.28. The van der Waals surface area contributed by atoms with Crippen LogP contribution in [0.4, 0.5) is 5.69 Å². The van der Waals surface area contributed by atoms with Gasteiger partial charge in [0.1, 0.15) is 0 Å². The fourth-order valence-corrected chi connectivity index (χ4v) is 2.88. The number of hydrogen-bond acceptors (Lipinski definition) is 1. The van der Waals surface area contributed by atoms with Gasteiger partial charge in [-0.2, -0.15) is 0 Å². The van der Waals surface area contributed by atoms with E-state index in [0.717, 1.165) is 0 Å². The number of benzene rings is 1. The molecule has 1 radical (unpaired) electrons. The minimum absolute atomic E-state index is 0.499. The van der Waals surface area contributed by atoms with Gasteiger partial charge < -0.3 is 0 Å². The van der Waals surface area contributed by atoms with E-state index in [0.29, 0.717) is 0 Å². The molecule has 0 bridgehead atoms. The number of fused-ring (bicyclic) bond motifs is 1. The van der Waals surface area contributed by atoms with Crippen molar-refractivity contribution in [2.75, 3.05) is 0 Å². The van der Waals surface area contributed by atoms with Gasteiger partial charge in [0.25, 0.3) is 0 Å². The normalized spacial score (nSPS) is 13.2. The molecule has 1 heterocycles. The van der Waals surface area contributed by atoms with Gasteiger partial charge in [0.2, 0.25) is 0 Å². The van der Waals surface area contributed by atoms with Crippen LogP contribution in [0.15, 0.2) is 31.5 Å². The molecule has 10 heavy (non-hydrogen) atoms. The minimum atomic E-state index is -0.499. The van der Waals surface area contributed by atoms with Crippen LogP contribution >= 0.6 is 0 Å². The van der Waals surface area contributed by atoms with Gasteiger partial charge in [0, 0.05) is 0 Å². The molecule has 0 N–H and O–H groups in total. The Balaban J connectivity index is 2.65. The molecule has 0 saturated carbocycles. The summed E-state index contributed by atoms with van der Waals surface area (Å²) in [5.74, 6) is 0. The zero-order chi connectivity index (χ0) is 6.81. The van der Waals surface area contributed by atoms with Crippen LogP contribution in [0, 0.1) is 0 Å². The van der Waals surface area contributed by atoms with Gasteiger partial charge in [-0.15, -0.1) is 0 Å². The second-order valence-corrected chi connectivity index (χ2v) is 4.46. The van der Waals surface area contributed by atoms with Crippen molar-refractivity contribution in [1.82, 2.24) is 0 Å². The molecule has 0 spiro atoms. The van der Waals surface area contributed by atoms with Crippen molar-refractivity contribution in [2.45, 2.75) is 0 Å². The molecule has 1 nitrogen and oxygen atoms in total. The molecule has 0 saturated heterocycles. The number of nitrogens with zero attached hydrogens (tertiary/aromatic N) is 1. The van der Waals surface area contributed by atoms with Crippen LogP contribution in [0.2, 0.25) is 0 Å². The van der Waals surface area contributed by atoms with E-state index in [1.54, 1.807) is 0 Å². The van der Waals surface area contributed by atoms with Crippen molar-refractivity contribution in [2.24, 2.45) is 3.15 Å². The Kier molecular flexibility index (Phi) is 1.67. The summed E-state index contributed by atoms with van der Waals surface area (Å²) < 4.78 is 6.72. The topological polar surface area (TPSA) is 12.4 Å². The number of hydrogen-bond donors (Lipinski definition) is 0. The standard InChI is InChI=1S/C8H6N.Sn/c1-2-7-5-3-4-6-8(7)9;/h1-6H;. The van der Waals surface area contributed by atoms with E-state index in [4.69, 9.17) is 0 Å². The van der Waals surface area contributed by atoms with Gasteiger partial charge in [0.05, 0.1) is 0 Å². The quantitative estimate of drug-likeness (QED) is 0.611. The van der Waals surface area contributed by atoms with E-state index < -0.39 is 21.0 Å². The summed E-state index contributed by atoms with van der Waals surface area (Å²) in [6.45, 7) is 0. The predicted molar refractivity (Wildman–Crippen MR) is 43.3 cm³/mol. The first-order valence-corrected chi connectivity index (χ1v) is 6.11. The zero-order valence-corrected chi connectivity index (χ0v) is 8.27. The molecule has 2 heteroatoms. The van der Waals surface area contributed by atoms with E-state index in [9.17, 15) is 0 Å². The number of rotatable bonds is 0. The second kappa shape index (κ2) is 2.66. The first-order valence-electron chi connectivity index (χ1n) is 3.19. The van der Waals surface area contributed by atoms with Crippen molar-refractivity contribution in [3.8, 4) is 0 Å². The Morgan fingerprint density at radius 2 is 2.10 bits per heavy atom. The molecule has 1 aromatic carbocycles. The molecule has 0 aliphatic carbocycles. The third kappa shape index (κ3) is 1.05. The molecule has 0 fully saturated rings. The van der Waals surface area contributed by atoms with Crippen molar-refractivity contribution in [1.29, 1.82) is 0 Å². The molecule has 0 aromatic heterocycles. The zero-order valence-electron chi connectivity index (χ0n) is 5.41. The van der Waals surface area contributed by atoms with Crippen molar-refractivity contribution < 1.29 is 0 Å². The van der Waals surface area contributed by atoms with E-state index in [-0.39, 0.29) is 0 Å². The summed E-state index contributed by atoms with van der Waals surface area (Å²) in [6, 6.07) is 8.28. The summed E-state index contributed by atoms with van der Waals surface area (Å²) in [7, 11) is 0. The molecule has 0 amide bonds. The summed E-state index contributed by atoms with van der Waals surface area (Å²) in [6.07, 6.45) is 2.19. The summed E-state index contributed by atoms with van der Waals surface area (Å²) >= 11 is -0.499. The average Bonchev–Trinajstić information content (AvgIpc) is 2.05. The maximum atomic E-state index is 4.48. The molecular weight excluding hydrogens is 229 g/mol. The van der Waals surface area contributed by atoms with E-state index in [2.05, 4.69) is 31.5 Å². The molecule has 2 rings (SSSR count). The fourth-order valence-electron chi connectivity index (χ4n) is 0.964. The average molecular weight is 235 g/mol. The van der Waals surface area contributed by atoms with Crippen molar-refractivity contribution in [3.05, 3.63) is 33.9 Å². The Bertz CT molecular complexity index is 271. The molecule has 1 aliphatic rings. The second-order valence-electron chi connectivity index (χ2n) is 2.13. The summed E-state index contributed by atoms with van der Waals surface area (Å²) in [5, 5.41) is 0. The van der Waals surface area contributed by atoms with Gasteiger partial charge in [-0.05, 0) is 0 Å². The Labute approximate surface area is 69.9 Å². The van der Waals surface area contributed by atoms with Crippen LogP contribution in [-0.2, 0) is 0 Å². The van der Waals surface area contributed by atoms with Crippen LogP contribution in [0.1, 0.15) is 5.56 Å². The van der Waals surface area contributed by atoms with Gasteiger partial charge in [-0.25, -0.2) is 0 Å². The van der Waals surface area contributed by atoms with Crippen LogP contribution in [0.5, 0.6) is 0 Å².